The molecule has 16 heavy (non-hydrogen) atoms. The second kappa shape index (κ2) is 4.17. The van der Waals surface area contributed by atoms with E-state index in [0.717, 1.165) is 6.07 Å². The van der Waals surface area contributed by atoms with Gasteiger partial charge in [-0.1, -0.05) is 0 Å². The van der Waals surface area contributed by atoms with E-state index in [1.165, 1.54) is 12.1 Å². The van der Waals surface area contributed by atoms with E-state index in [1.54, 1.807) is 0 Å². The van der Waals surface area contributed by atoms with Crippen molar-refractivity contribution in [1.82, 2.24) is 4.90 Å². The maximum absolute atomic E-state index is 12.9. The molecule has 1 aromatic rings. The van der Waals surface area contributed by atoms with Crippen molar-refractivity contribution in [2.45, 2.75) is 6.54 Å². The Morgan fingerprint density at radius 1 is 1.31 bits per heavy atom. The number of carboxylic acids is 1. The van der Waals surface area contributed by atoms with Crippen LogP contribution in [0, 0.1) is 17.6 Å². The summed E-state index contributed by atoms with van der Waals surface area (Å²) in [7, 11) is 0. The number of carbonyl (C=O) groups is 1. The van der Waals surface area contributed by atoms with Crippen molar-refractivity contribution >= 4 is 5.97 Å². The van der Waals surface area contributed by atoms with E-state index in [2.05, 4.69) is 0 Å². The molecule has 0 radical (unpaired) electrons. The number of likely N-dealkylation sites (tertiary alicyclic amines) is 1. The highest BCUT2D eigenvalue weighted by Gasteiger charge is 2.32. The summed E-state index contributed by atoms with van der Waals surface area (Å²) in [6.45, 7) is 1.26. The minimum Gasteiger partial charge on any atom is -0.481 e. The number of rotatable bonds is 3. The van der Waals surface area contributed by atoms with Crippen molar-refractivity contribution < 1.29 is 18.7 Å². The lowest BCUT2D eigenvalue weighted by atomic mass is 9.99. The molecule has 86 valence electrons. The van der Waals surface area contributed by atoms with Crippen LogP contribution in [0.25, 0.3) is 0 Å². The topological polar surface area (TPSA) is 40.5 Å². The Hall–Kier alpha value is -1.49. The van der Waals surface area contributed by atoms with Gasteiger partial charge in [0.15, 0.2) is 0 Å². The SMILES string of the molecule is O=C(O)C1CN(Cc2cc(F)cc(F)c2)C1. The number of hydrogen-bond donors (Lipinski definition) is 1. The summed E-state index contributed by atoms with van der Waals surface area (Å²) in [5.74, 6) is -2.38. The summed E-state index contributed by atoms with van der Waals surface area (Å²) < 4.78 is 25.7. The first-order valence-electron chi connectivity index (χ1n) is 4.95. The third-order valence-electron chi connectivity index (χ3n) is 2.63. The summed E-state index contributed by atoms with van der Waals surface area (Å²) in [5.41, 5.74) is 0.529. The van der Waals surface area contributed by atoms with E-state index in [-0.39, 0.29) is 5.92 Å². The average Bonchev–Trinajstić information content (AvgIpc) is 2.08. The highest BCUT2D eigenvalue weighted by Crippen LogP contribution is 2.19. The van der Waals surface area contributed by atoms with Crippen molar-refractivity contribution in [2.75, 3.05) is 13.1 Å². The first-order chi connectivity index (χ1) is 7.54. The first-order valence-corrected chi connectivity index (χ1v) is 4.95. The molecule has 1 aromatic carbocycles. The molecule has 3 nitrogen and oxygen atoms in total. The molecule has 1 saturated heterocycles. The molecule has 1 fully saturated rings. The molecule has 2 rings (SSSR count). The van der Waals surface area contributed by atoms with Crippen LogP contribution in [-0.2, 0) is 11.3 Å². The van der Waals surface area contributed by atoms with Gasteiger partial charge in [0.1, 0.15) is 11.6 Å². The predicted molar refractivity (Wildman–Crippen MR) is 52.8 cm³/mol. The highest BCUT2D eigenvalue weighted by atomic mass is 19.1. The van der Waals surface area contributed by atoms with E-state index < -0.39 is 17.6 Å². The van der Waals surface area contributed by atoms with Crippen molar-refractivity contribution in [1.29, 1.82) is 0 Å². The smallest absolute Gasteiger partial charge is 0.309 e. The van der Waals surface area contributed by atoms with E-state index in [9.17, 15) is 13.6 Å². The maximum atomic E-state index is 12.9. The van der Waals surface area contributed by atoms with Crippen LogP contribution in [-0.4, -0.2) is 29.1 Å². The molecule has 1 aliphatic rings. The molecule has 0 saturated carbocycles. The summed E-state index contributed by atoms with van der Waals surface area (Å²) in [6.07, 6.45) is 0. The van der Waals surface area contributed by atoms with E-state index >= 15 is 0 Å². The summed E-state index contributed by atoms with van der Waals surface area (Å²) >= 11 is 0. The van der Waals surface area contributed by atoms with Crippen LogP contribution in [0.2, 0.25) is 0 Å². The molecule has 0 aliphatic carbocycles. The van der Waals surface area contributed by atoms with Gasteiger partial charge >= 0.3 is 5.97 Å². The van der Waals surface area contributed by atoms with Gasteiger partial charge in [-0.2, -0.15) is 0 Å². The number of carboxylic acid groups (broad SMARTS) is 1. The number of benzene rings is 1. The molecule has 1 heterocycles. The quantitative estimate of drug-likeness (QED) is 0.850. The summed E-state index contributed by atoms with van der Waals surface area (Å²) in [6, 6.07) is 3.34. The zero-order valence-electron chi connectivity index (χ0n) is 8.49. The van der Waals surface area contributed by atoms with E-state index in [4.69, 9.17) is 5.11 Å². The Bertz CT molecular complexity index is 396. The number of halogens is 2. The van der Waals surface area contributed by atoms with Gasteiger partial charge in [0, 0.05) is 25.7 Å². The van der Waals surface area contributed by atoms with Gasteiger partial charge in [-0.15, -0.1) is 0 Å². The summed E-state index contributed by atoms with van der Waals surface area (Å²) in [5, 5.41) is 8.66. The highest BCUT2D eigenvalue weighted by molar-refractivity contribution is 5.71. The molecular formula is C11H11F2NO2. The largest absolute Gasteiger partial charge is 0.481 e. The van der Waals surface area contributed by atoms with Crippen LogP contribution in [0.4, 0.5) is 8.78 Å². The molecular weight excluding hydrogens is 216 g/mol. The third kappa shape index (κ3) is 2.36. The fraction of sp³-hybridized carbons (Fsp3) is 0.364. The van der Waals surface area contributed by atoms with Crippen LogP contribution < -0.4 is 0 Å². The molecule has 0 amide bonds. The van der Waals surface area contributed by atoms with Crippen molar-refractivity contribution in [3.63, 3.8) is 0 Å². The molecule has 0 atom stereocenters. The Labute approximate surface area is 91.3 Å². The zero-order chi connectivity index (χ0) is 11.7. The van der Waals surface area contributed by atoms with Gasteiger partial charge in [-0.3, -0.25) is 9.69 Å². The van der Waals surface area contributed by atoms with Gasteiger partial charge < -0.3 is 5.11 Å². The monoisotopic (exact) mass is 227 g/mol. The summed E-state index contributed by atoms with van der Waals surface area (Å²) in [4.78, 5) is 12.4. The van der Waals surface area contributed by atoms with Crippen molar-refractivity contribution in [3.05, 3.63) is 35.4 Å². The van der Waals surface area contributed by atoms with Gasteiger partial charge in [0.2, 0.25) is 0 Å². The third-order valence-corrected chi connectivity index (χ3v) is 2.63. The van der Waals surface area contributed by atoms with Crippen LogP contribution >= 0.6 is 0 Å². The molecule has 0 aromatic heterocycles. The molecule has 5 heteroatoms. The minimum absolute atomic E-state index is 0.349. The minimum atomic E-state index is -0.818. The van der Waals surface area contributed by atoms with Gasteiger partial charge in [-0.25, -0.2) is 8.78 Å². The van der Waals surface area contributed by atoms with Crippen molar-refractivity contribution in [3.8, 4) is 0 Å². The molecule has 1 N–H and O–H groups in total. The molecule has 0 spiro atoms. The number of hydrogen-bond acceptors (Lipinski definition) is 2. The second-order valence-electron chi connectivity index (χ2n) is 4.01. The average molecular weight is 227 g/mol. The Morgan fingerprint density at radius 3 is 2.38 bits per heavy atom. The van der Waals surface area contributed by atoms with Crippen molar-refractivity contribution in [2.24, 2.45) is 5.92 Å². The molecule has 1 aliphatic heterocycles. The Kier molecular flexibility index (Phi) is 2.87. The molecule has 0 bridgehead atoms. The van der Waals surface area contributed by atoms with Gasteiger partial charge in [-0.05, 0) is 17.7 Å². The lowest BCUT2D eigenvalue weighted by molar-refractivity contribution is -0.147. The number of aliphatic carboxylic acids is 1. The Balaban J connectivity index is 1.94. The second-order valence-corrected chi connectivity index (χ2v) is 4.01. The fourth-order valence-electron chi connectivity index (χ4n) is 1.82. The van der Waals surface area contributed by atoms with E-state index in [0.29, 0.717) is 25.2 Å². The van der Waals surface area contributed by atoms with E-state index in [1.807, 2.05) is 4.90 Å². The lowest BCUT2D eigenvalue weighted by Gasteiger charge is -2.36. The van der Waals surface area contributed by atoms with Gasteiger partial charge in [0.05, 0.1) is 5.92 Å². The van der Waals surface area contributed by atoms with Gasteiger partial charge in [0.25, 0.3) is 0 Å². The zero-order valence-corrected chi connectivity index (χ0v) is 8.49. The number of nitrogens with zero attached hydrogens (tertiary/aromatic N) is 1. The standard InChI is InChI=1S/C11H11F2NO2/c12-9-1-7(2-10(13)3-9)4-14-5-8(6-14)11(15)16/h1-3,8H,4-6H2,(H,15,16). The predicted octanol–water partition coefficient (Wildman–Crippen LogP) is 1.48. The lowest BCUT2D eigenvalue weighted by Crippen LogP contribution is -2.49. The van der Waals surface area contributed by atoms with Crippen LogP contribution in [0.15, 0.2) is 18.2 Å². The van der Waals surface area contributed by atoms with Crippen LogP contribution in [0.1, 0.15) is 5.56 Å². The van der Waals surface area contributed by atoms with Crippen LogP contribution in [0.3, 0.4) is 0 Å². The normalized spacial score (nSPS) is 17.1. The Morgan fingerprint density at radius 2 is 1.88 bits per heavy atom. The van der Waals surface area contributed by atoms with Crippen LogP contribution in [0.5, 0.6) is 0 Å². The first kappa shape index (κ1) is 11.0. The fourth-order valence-corrected chi connectivity index (χ4v) is 1.82. The molecule has 0 unspecified atom stereocenters. The maximum Gasteiger partial charge on any atom is 0.309 e.